The summed E-state index contributed by atoms with van der Waals surface area (Å²) in [5.74, 6) is -0.399. The molecule has 2 amide bonds. The summed E-state index contributed by atoms with van der Waals surface area (Å²) < 4.78 is 13.0. The van der Waals surface area contributed by atoms with Crippen molar-refractivity contribution in [2.75, 3.05) is 31.6 Å². The van der Waals surface area contributed by atoms with Crippen LogP contribution in [0, 0.1) is 0 Å². The largest absolute Gasteiger partial charge is 0.462 e. The summed E-state index contributed by atoms with van der Waals surface area (Å²) in [5, 5.41) is 7.63. The molecule has 0 aliphatic carbocycles. The third-order valence-electron chi connectivity index (χ3n) is 6.46. The average Bonchev–Trinajstić information content (AvgIpc) is 3.59. The lowest BCUT2D eigenvalue weighted by atomic mass is 10.0. The summed E-state index contributed by atoms with van der Waals surface area (Å²) in [4.78, 5) is 30.5. The number of carbonyl (C=O) groups excluding carboxylic acids is 2. The highest BCUT2D eigenvalue weighted by molar-refractivity contribution is 7.17. The zero-order valence-electron chi connectivity index (χ0n) is 20.0. The number of thiophene rings is 2. The zero-order chi connectivity index (χ0) is 24.4. The fraction of sp³-hybridized carbons (Fsp3) is 0.440. The highest BCUT2D eigenvalue weighted by Crippen LogP contribution is 2.38. The van der Waals surface area contributed by atoms with Crippen LogP contribution in [-0.2, 0) is 42.0 Å². The number of hydrogen-bond acceptors (Lipinski definition) is 7. The number of likely N-dealkylation sites (N-methyl/N-ethyl adjacent to an activating group) is 1. The van der Waals surface area contributed by atoms with Crippen LogP contribution < -0.4 is 10.6 Å². The van der Waals surface area contributed by atoms with E-state index >= 15 is 0 Å². The molecule has 8 nitrogen and oxygen atoms in total. The van der Waals surface area contributed by atoms with Gasteiger partial charge in [0.25, 0.3) is 0 Å². The first-order chi connectivity index (χ1) is 17.1. The molecule has 2 aliphatic heterocycles. The molecular weight excluding hydrogens is 484 g/mol. The zero-order valence-corrected chi connectivity index (χ0v) is 21.7. The predicted molar refractivity (Wildman–Crippen MR) is 138 cm³/mol. The van der Waals surface area contributed by atoms with Gasteiger partial charge < -0.3 is 19.4 Å². The van der Waals surface area contributed by atoms with Crippen molar-refractivity contribution >= 4 is 39.7 Å². The molecule has 0 radical (unpaired) electrons. The Morgan fingerprint density at radius 1 is 1.11 bits per heavy atom. The second-order valence-corrected chi connectivity index (χ2v) is 10.7. The number of nitrogens with one attached hydrogen (secondary N) is 2. The standard InChI is InChI=1S/C25H30N4O4S2/c1-3-28-11-7-16-18(23(35-19(16)14-28)29-9-5-6-10-29)13-26-25(31)27-22-21(24(30)33-4-2)17-8-12-32-15-20(17)34-22/h5-6,9-10H,3-4,7-8,11-15H2,1-2H3,(H2,26,27,31). The third kappa shape index (κ3) is 4.88. The molecule has 0 bridgehead atoms. The van der Waals surface area contributed by atoms with Gasteiger partial charge in [0, 0.05) is 47.3 Å². The van der Waals surface area contributed by atoms with Gasteiger partial charge in [0.2, 0.25) is 0 Å². The van der Waals surface area contributed by atoms with Crippen molar-refractivity contribution in [2.45, 2.75) is 46.4 Å². The summed E-state index contributed by atoms with van der Waals surface area (Å²) in [7, 11) is 0. The molecule has 10 heteroatoms. The average molecular weight is 515 g/mol. The van der Waals surface area contributed by atoms with Gasteiger partial charge in [0.15, 0.2) is 0 Å². The number of hydrogen-bond donors (Lipinski definition) is 2. The second kappa shape index (κ2) is 10.5. The van der Waals surface area contributed by atoms with Gasteiger partial charge in [-0.1, -0.05) is 6.92 Å². The summed E-state index contributed by atoms with van der Waals surface area (Å²) >= 11 is 3.19. The van der Waals surface area contributed by atoms with Gasteiger partial charge in [-0.05, 0) is 49.6 Å². The monoisotopic (exact) mass is 514 g/mol. The molecule has 2 aliphatic rings. The third-order valence-corrected chi connectivity index (χ3v) is 8.86. The minimum Gasteiger partial charge on any atom is -0.462 e. The Kier molecular flexibility index (Phi) is 7.24. The molecule has 0 atom stereocenters. The summed E-state index contributed by atoms with van der Waals surface area (Å²) in [6, 6.07) is 3.69. The molecule has 3 aromatic heterocycles. The van der Waals surface area contributed by atoms with E-state index in [-0.39, 0.29) is 12.6 Å². The lowest BCUT2D eigenvalue weighted by molar-refractivity contribution is 0.0523. The van der Waals surface area contributed by atoms with Crippen LogP contribution in [0.15, 0.2) is 24.5 Å². The van der Waals surface area contributed by atoms with Crippen LogP contribution in [0.1, 0.15) is 50.7 Å². The normalized spacial score (nSPS) is 15.4. The lowest BCUT2D eigenvalue weighted by Gasteiger charge is -2.25. The number of carbonyl (C=O) groups is 2. The predicted octanol–water partition coefficient (Wildman–Crippen LogP) is 4.55. The Morgan fingerprint density at radius 3 is 2.71 bits per heavy atom. The van der Waals surface area contributed by atoms with Gasteiger partial charge in [-0.3, -0.25) is 10.2 Å². The van der Waals surface area contributed by atoms with E-state index < -0.39 is 5.97 Å². The first kappa shape index (κ1) is 24.1. The van der Waals surface area contributed by atoms with Crippen LogP contribution in [0.25, 0.3) is 5.00 Å². The molecule has 2 N–H and O–H groups in total. The molecule has 0 saturated carbocycles. The molecule has 5 heterocycles. The van der Waals surface area contributed by atoms with Crippen LogP contribution >= 0.6 is 22.7 Å². The molecular formula is C25H30N4O4S2. The Bertz CT molecular complexity index is 1210. The maximum atomic E-state index is 13.0. The van der Waals surface area contributed by atoms with Crippen LogP contribution in [0.3, 0.4) is 0 Å². The fourth-order valence-electron chi connectivity index (χ4n) is 4.69. The van der Waals surface area contributed by atoms with E-state index in [1.165, 1.54) is 21.8 Å². The molecule has 5 rings (SSSR count). The van der Waals surface area contributed by atoms with Crippen molar-refractivity contribution in [1.29, 1.82) is 0 Å². The maximum Gasteiger partial charge on any atom is 0.341 e. The summed E-state index contributed by atoms with van der Waals surface area (Å²) in [5.41, 5.74) is 3.90. The molecule has 186 valence electrons. The van der Waals surface area contributed by atoms with Gasteiger partial charge in [0.05, 0.1) is 25.4 Å². The highest BCUT2D eigenvalue weighted by Gasteiger charge is 2.28. The van der Waals surface area contributed by atoms with Gasteiger partial charge in [-0.25, -0.2) is 9.59 Å². The van der Waals surface area contributed by atoms with Gasteiger partial charge in [0.1, 0.15) is 10.0 Å². The van der Waals surface area contributed by atoms with Crippen molar-refractivity contribution < 1.29 is 19.1 Å². The van der Waals surface area contributed by atoms with E-state index in [1.807, 2.05) is 24.5 Å². The number of fused-ring (bicyclic) bond motifs is 2. The number of rotatable bonds is 7. The minimum atomic E-state index is -0.399. The SMILES string of the molecule is CCOC(=O)c1c(NC(=O)NCc2c(-n3cccc3)sc3c2CCN(CC)C3)sc2c1CCOC2. The van der Waals surface area contributed by atoms with Gasteiger partial charge in [-0.2, -0.15) is 0 Å². The quantitative estimate of drug-likeness (QED) is 0.452. The summed E-state index contributed by atoms with van der Waals surface area (Å²) in [6.45, 7) is 8.69. The van der Waals surface area contributed by atoms with Gasteiger partial charge in [-0.15, -0.1) is 22.7 Å². The van der Waals surface area contributed by atoms with Gasteiger partial charge >= 0.3 is 12.0 Å². The number of anilines is 1. The summed E-state index contributed by atoms with van der Waals surface area (Å²) in [6.07, 6.45) is 5.70. The van der Waals surface area contributed by atoms with E-state index in [9.17, 15) is 9.59 Å². The number of nitrogens with zero attached hydrogens (tertiary/aromatic N) is 2. The van der Waals surface area contributed by atoms with E-state index in [4.69, 9.17) is 9.47 Å². The van der Waals surface area contributed by atoms with Crippen molar-refractivity contribution in [2.24, 2.45) is 0 Å². The van der Waals surface area contributed by atoms with Crippen molar-refractivity contribution in [1.82, 2.24) is 14.8 Å². The first-order valence-electron chi connectivity index (χ1n) is 12.0. The maximum absolute atomic E-state index is 13.0. The number of esters is 1. The molecule has 0 saturated heterocycles. The topological polar surface area (TPSA) is 84.8 Å². The second-order valence-electron chi connectivity index (χ2n) is 8.54. The Balaban J connectivity index is 1.36. The van der Waals surface area contributed by atoms with Crippen LogP contribution in [0.4, 0.5) is 9.80 Å². The molecule has 35 heavy (non-hydrogen) atoms. The Morgan fingerprint density at radius 2 is 1.94 bits per heavy atom. The number of ether oxygens (including phenoxy) is 2. The molecule has 0 fully saturated rings. The van der Waals surface area contributed by atoms with Crippen molar-refractivity contribution in [3.05, 3.63) is 56.5 Å². The van der Waals surface area contributed by atoms with Crippen LogP contribution in [0.5, 0.6) is 0 Å². The lowest BCUT2D eigenvalue weighted by Crippen LogP contribution is -2.31. The van der Waals surface area contributed by atoms with E-state index in [2.05, 4.69) is 27.0 Å². The molecule has 0 unspecified atom stereocenters. The Hall–Kier alpha value is -2.66. The molecule has 3 aromatic rings. The van der Waals surface area contributed by atoms with Crippen molar-refractivity contribution in [3.8, 4) is 5.00 Å². The molecule has 0 aromatic carbocycles. The first-order valence-corrected chi connectivity index (χ1v) is 13.7. The number of urea groups is 1. The molecule has 0 spiro atoms. The fourth-order valence-corrected chi connectivity index (χ4v) is 7.24. The minimum absolute atomic E-state index is 0.284. The van der Waals surface area contributed by atoms with Crippen LogP contribution in [0.2, 0.25) is 0 Å². The van der Waals surface area contributed by atoms with Crippen LogP contribution in [-0.4, -0.2) is 47.8 Å². The van der Waals surface area contributed by atoms with Crippen molar-refractivity contribution in [3.63, 3.8) is 0 Å². The number of amides is 2. The Labute approximate surface area is 212 Å². The smallest absolute Gasteiger partial charge is 0.341 e. The van der Waals surface area contributed by atoms with E-state index in [0.29, 0.717) is 36.7 Å². The van der Waals surface area contributed by atoms with E-state index in [1.54, 1.807) is 18.3 Å². The van der Waals surface area contributed by atoms with E-state index in [0.717, 1.165) is 47.1 Å². The highest BCUT2D eigenvalue weighted by atomic mass is 32.1. The number of aromatic nitrogens is 1.